The molecule has 0 aromatic rings. The van der Waals surface area contributed by atoms with E-state index < -0.39 is 56.2 Å². The molecule has 2 aliphatic carbocycles. The molecule has 0 bridgehead atoms. The summed E-state index contributed by atoms with van der Waals surface area (Å²) in [5.74, 6) is -2.78. The summed E-state index contributed by atoms with van der Waals surface area (Å²) in [5, 5.41) is 29.1. The van der Waals surface area contributed by atoms with Crippen molar-refractivity contribution in [3.63, 3.8) is 0 Å². The quantitative estimate of drug-likeness (QED) is 0.180. The minimum atomic E-state index is -4.90. The molecule has 0 aromatic carbocycles. The van der Waals surface area contributed by atoms with Crippen molar-refractivity contribution in [3.05, 3.63) is 12.2 Å². The standard InChI is InChI=1S/C20H32O8S.Na/c1-11-4-5-15-19(2,7-6-16(23)20(15,3)10-21)12(11)8-14(29(25,26)27)17-13(22)9-28-18(17)24;/h12-17,21-23H,1,4-10H2,2-3H3,(H,25,26,27);/q;+1/p-1. The molecule has 3 rings (SSSR count). The number of ether oxygens (including phenoxy) is 1. The summed E-state index contributed by atoms with van der Waals surface area (Å²) in [6.45, 7) is 7.42. The molecular formula is C20H31NaO8S. The Bertz CT molecular complexity index is 786. The fourth-order valence-electron chi connectivity index (χ4n) is 6.24. The van der Waals surface area contributed by atoms with Crippen LogP contribution in [0.25, 0.3) is 0 Å². The molecule has 2 saturated carbocycles. The van der Waals surface area contributed by atoms with E-state index in [1.807, 2.05) is 13.8 Å². The van der Waals surface area contributed by atoms with E-state index in [4.69, 9.17) is 4.74 Å². The average Bonchev–Trinajstić information content (AvgIpc) is 2.95. The Morgan fingerprint density at radius 2 is 1.93 bits per heavy atom. The first-order valence-corrected chi connectivity index (χ1v) is 11.6. The van der Waals surface area contributed by atoms with Crippen LogP contribution in [0, 0.1) is 28.6 Å². The molecule has 1 aliphatic heterocycles. The number of cyclic esters (lactones) is 1. The summed E-state index contributed by atoms with van der Waals surface area (Å²) in [6, 6.07) is 0. The van der Waals surface area contributed by atoms with Gasteiger partial charge in [-0.05, 0) is 49.4 Å². The van der Waals surface area contributed by atoms with Gasteiger partial charge in [0.15, 0.2) is 0 Å². The molecule has 8 unspecified atom stereocenters. The number of aliphatic hydroxyl groups excluding tert-OH is 3. The van der Waals surface area contributed by atoms with E-state index in [0.29, 0.717) is 25.7 Å². The van der Waals surface area contributed by atoms with Gasteiger partial charge in [-0.2, -0.15) is 0 Å². The molecule has 8 nitrogen and oxygen atoms in total. The normalized spacial score (nSPS) is 42.8. The SMILES string of the molecule is C=C1CCC2C(C)(CO)C(O)CCC2(C)C1CC(C1C(=O)OCC1O)S(=O)(=O)[O-].[Na+]. The smallest absolute Gasteiger partial charge is 0.748 e. The molecule has 3 fully saturated rings. The maximum atomic E-state index is 12.1. The molecule has 3 aliphatic rings. The van der Waals surface area contributed by atoms with Gasteiger partial charge in [0.05, 0.1) is 28.1 Å². The van der Waals surface area contributed by atoms with Gasteiger partial charge < -0.3 is 24.6 Å². The van der Waals surface area contributed by atoms with Gasteiger partial charge in [0.25, 0.3) is 0 Å². The molecule has 1 heterocycles. The second kappa shape index (κ2) is 9.09. The minimum absolute atomic E-state index is 0. The van der Waals surface area contributed by atoms with E-state index in [-0.39, 0.29) is 55.1 Å². The molecule has 30 heavy (non-hydrogen) atoms. The zero-order chi connectivity index (χ0) is 21.8. The number of carbonyl (C=O) groups is 1. The zero-order valence-corrected chi connectivity index (χ0v) is 20.7. The number of fused-ring (bicyclic) bond motifs is 1. The van der Waals surface area contributed by atoms with E-state index in [2.05, 4.69) is 6.58 Å². The van der Waals surface area contributed by atoms with Crippen LogP contribution in [0.1, 0.15) is 46.0 Å². The summed E-state index contributed by atoms with van der Waals surface area (Å²) < 4.78 is 41.1. The number of carbonyl (C=O) groups excluding carboxylic acids is 1. The van der Waals surface area contributed by atoms with Gasteiger partial charge in [-0.1, -0.05) is 26.0 Å². The summed E-state index contributed by atoms with van der Waals surface area (Å²) >= 11 is 0. The van der Waals surface area contributed by atoms with Gasteiger partial charge in [0.2, 0.25) is 0 Å². The van der Waals surface area contributed by atoms with Gasteiger partial charge in [0.1, 0.15) is 18.6 Å². The van der Waals surface area contributed by atoms with Gasteiger partial charge in [-0.25, -0.2) is 8.42 Å². The first-order valence-electron chi connectivity index (χ1n) is 10.1. The first kappa shape index (κ1) is 26.3. The topological polar surface area (TPSA) is 144 Å². The van der Waals surface area contributed by atoms with E-state index in [9.17, 15) is 33.1 Å². The summed E-state index contributed by atoms with van der Waals surface area (Å²) in [6.07, 6.45) is 0.152. The predicted molar refractivity (Wildman–Crippen MR) is 102 cm³/mol. The van der Waals surface area contributed by atoms with Gasteiger partial charge in [-0.15, -0.1) is 0 Å². The van der Waals surface area contributed by atoms with E-state index >= 15 is 0 Å². The van der Waals surface area contributed by atoms with Crippen LogP contribution < -0.4 is 29.6 Å². The second-order valence-corrected chi connectivity index (χ2v) is 11.1. The Labute approximate surface area is 200 Å². The monoisotopic (exact) mass is 454 g/mol. The number of allylic oxidation sites excluding steroid dienone is 1. The van der Waals surface area contributed by atoms with Gasteiger partial charge >= 0.3 is 35.5 Å². The van der Waals surface area contributed by atoms with Crippen LogP contribution in [0.15, 0.2) is 12.2 Å². The molecule has 8 atom stereocenters. The molecule has 1 saturated heterocycles. The Balaban J connectivity index is 0.00000320. The fourth-order valence-corrected chi connectivity index (χ4v) is 7.32. The summed E-state index contributed by atoms with van der Waals surface area (Å²) in [4.78, 5) is 12.1. The van der Waals surface area contributed by atoms with Crippen molar-refractivity contribution in [3.8, 4) is 0 Å². The number of rotatable bonds is 5. The second-order valence-electron chi connectivity index (χ2n) is 9.52. The van der Waals surface area contributed by atoms with E-state index in [1.165, 1.54) is 0 Å². The van der Waals surface area contributed by atoms with Crippen molar-refractivity contribution in [1.82, 2.24) is 0 Å². The van der Waals surface area contributed by atoms with Crippen molar-refractivity contribution in [1.29, 1.82) is 0 Å². The number of aliphatic hydroxyl groups is 3. The molecule has 3 N–H and O–H groups in total. The number of hydrogen-bond donors (Lipinski definition) is 3. The van der Waals surface area contributed by atoms with Crippen molar-refractivity contribution >= 4 is 16.1 Å². The maximum absolute atomic E-state index is 12.1. The average molecular weight is 455 g/mol. The molecule has 0 amide bonds. The first-order chi connectivity index (χ1) is 13.4. The van der Waals surface area contributed by atoms with Crippen LogP contribution in [0.4, 0.5) is 0 Å². The number of esters is 1. The van der Waals surface area contributed by atoms with E-state index in [0.717, 1.165) is 5.57 Å². The van der Waals surface area contributed by atoms with Gasteiger partial charge in [-0.3, -0.25) is 4.79 Å². The van der Waals surface area contributed by atoms with Crippen LogP contribution >= 0.6 is 0 Å². The zero-order valence-electron chi connectivity index (χ0n) is 17.9. The molecule has 0 spiro atoms. The fraction of sp³-hybridized carbons (Fsp3) is 0.850. The largest absolute Gasteiger partial charge is 1.00 e. The van der Waals surface area contributed by atoms with Crippen LogP contribution in [-0.2, 0) is 19.6 Å². The van der Waals surface area contributed by atoms with Crippen LogP contribution in [0.3, 0.4) is 0 Å². The Morgan fingerprint density at radius 3 is 2.43 bits per heavy atom. The third-order valence-electron chi connectivity index (χ3n) is 8.02. The Morgan fingerprint density at radius 1 is 1.30 bits per heavy atom. The van der Waals surface area contributed by atoms with Crippen LogP contribution in [0.2, 0.25) is 0 Å². The maximum Gasteiger partial charge on any atom is 1.00 e. The summed E-state index contributed by atoms with van der Waals surface area (Å²) in [5.41, 5.74) is -0.443. The minimum Gasteiger partial charge on any atom is -0.748 e. The van der Waals surface area contributed by atoms with Crippen molar-refractivity contribution in [2.75, 3.05) is 13.2 Å². The van der Waals surface area contributed by atoms with E-state index in [1.54, 1.807) is 0 Å². The van der Waals surface area contributed by atoms with Gasteiger partial charge in [0, 0.05) is 5.41 Å². The molecule has 0 radical (unpaired) electrons. The number of hydrogen-bond acceptors (Lipinski definition) is 8. The Hall–Kier alpha value is 0. The van der Waals surface area contributed by atoms with Crippen molar-refractivity contribution in [2.45, 2.75) is 63.4 Å². The molecular weight excluding hydrogens is 423 g/mol. The summed E-state index contributed by atoms with van der Waals surface area (Å²) in [7, 11) is -4.90. The van der Waals surface area contributed by atoms with Crippen molar-refractivity contribution < 1.29 is 67.4 Å². The Kier molecular flexibility index (Phi) is 7.96. The molecule has 166 valence electrons. The van der Waals surface area contributed by atoms with Crippen LogP contribution in [-0.4, -0.2) is 64.9 Å². The third kappa shape index (κ3) is 4.29. The molecule has 0 aromatic heterocycles. The third-order valence-corrected chi connectivity index (χ3v) is 9.24. The predicted octanol–water partition coefficient (Wildman–Crippen LogP) is -2.43. The van der Waals surface area contributed by atoms with Crippen molar-refractivity contribution in [2.24, 2.45) is 28.6 Å². The molecule has 10 heteroatoms. The van der Waals surface area contributed by atoms with Crippen LogP contribution in [0.5, 0.6) is 0 Å².